The molecule has 3 N–H and O–H groups in total. The molecule has 1 aromatic carbocycles. The summed E-state index contributed by atoms with van der Waals surface area (Å²) in [5, 5.41) is 0. The first-order valence-electron chi connectivity index (χ1n) is 6.73. The fourth-order valence-corrected chi connectivity index (χ4v) is 2.69. The third-order valence-corrected chi connectivity index (χ3v) is 4.33. The first-order chi connectivity index (χ1) is 9.17. The second-order valence-corrected chi connectivity index (χ2v) is 6.96. The number of benzene rings is 1. The second-order valence-electron chi connectivity index (χ2n) is 5.12. The highest BCUT2D eigenvalue weighted by Gasteiger charge is 2.13. The van der Waals surface area contributed by atoms with Crippen molar-refractivity contribution < 1.29 is 8.42 Å². The van der Waals surface area contributed by atoms with Gasteiger partial charge in [0.1, 0.15) is 0 Å². The summed E-state index contributed by atoms with van der Waals surface area (Å²) < 4.78 is 24.7. The molecule has 0 bridgehead atoms. The van der Waals surface area contributed by atoms with Crippen molar-refractivity contribution in [2.75, 3.05) is 36.5 Å². The van der Waals surface area contributed by atoms with Crippen molar-refractivity contribution in [3.05, 3.63) is 22.8 Å². The zero-order valence-corrected chi connectivity index (χ0v) is 13.8. The quantitative estimate of drug-likeness (QED) is 0.782. The summed E-state index contributed by atoms with van der Waals surface area (Å²) >= 11 is 0. The van der Waals surface area contributed by atoms with Crippen LogP contribution in [0.5, 0.6) is 0 Å². The van der Waals surface area contributed by atoms with Gasteiger partial charge in [0.05, 0.1) is 6.26 Å². The maximum atomic E-state index is 11.1. The van der Waals surface area contributed by atoms with Crippen LogP contribution in [0.2, 0.25) is 0 Å². The Morgan fingerprint density at radius 3 is 2.35 bits per heavy atom. The van der Waals surface area contributed by atoms with Gasteiger partial charge in [0.2, 0.25) is 10.0 Å². The Bertz CT molecular complexity index is 583. The predicted octanol–water partition coefficient (Wildman–Crippen LogP) is 1.57. The van der Waals surface area contributed by atoms with Gasteiger partial charge >= 0.3 is 0 Å². The summed E-state index contributed by atoms with van der Waals surface area (Å²) in [7, 11) is -3.14. The number of nitrogens with one attached hydrogen (secondary N) is 1. The van der Waals surface area contributed by atoms with E-state index in [-0.39, 0.29) is 0 Å². The third kappa shape index (κ3) is 4.11. The van der Waals surface area contributed by atoms with Crippen LogP contribution in [0.25, 0.3) is 0 Å². The van der Waals surface area contributed by atoms with Gasteiger partial charge in [-0.2, -0.15) is 0 Å². The van der Waals surface area contributed by atoms with Crippen molar-refractivity contribution >= 4 is 21.4 Å². The van der Waals surface area contributed by atoms with Gasteiger partial charge in [-0.25, -0.2) is 13.1 Å². The maximum absolute atomic E-state index is 11.1. The molecule has 0 heterocycles. The summed E-state index contributed by atoms with van der Waals surface area (Å²) in [6.07, 6.45) is 1.17. The molecule has 114 valence electrons. The Balaban J connectivity index is 2.96. The van der Waals surface area contributed by atoms with Crippen LogP contribution in [0, 0.1) is 20.8 Å². The largest absolute Gasteiger partial charge is 0.398 e. The number of anilines is 2. The summed E-state index contributed by atoms with van der Waals surface area (Å²) in [4.78, 5) is 2.16. The van der Waals surface area contributed by atoms with Gasteiger partial charge in [0, 0.05) is 31.0 Å². The lowest BCUT2D eigenvalue weighted by Gasteiger charge is -2.27. The number of hydrogen-bond donors (Lipinski definition) is 2. The molecular weight excluding hydrogens is 274 g/mol. The topological polar surface area (TPSA) is 75.4 Å². The van der Waals surface area contributed by atoms with E-state index in [0.29, 0.717) is 13.1 Å². The number of hydrogen-bond acceptors (Lipinski definition) is 4. The number of aryl methyl sites for hydroxylation is 1. The van der Waals surface area contributed by atoms with Crippen LogP contribution in [0.3, 0.4) is 0 Å². The zero-order valence-electron chi connectivity index (χ0n) is 12.9. The monoisotopic (exact) mass is 299 g/mol. The summed E-state index contributed by atoms with van der Waals surface area (Å²) in [6, 6.07) is 2.07. The molecule has 0 atom stereocenters. The number of likely N-dealkylation sites (N-methyl/N-ethyl adjacent to an activating group) is 1. The van der Waals surface area contributed by atoms with Crippen LogP contribution in [-0.2, 0) is 10.0 Å². The van der Waals surface area contributed by atoms with Crippen molar-refractivity contribution in [1.82, 2.24) is 4.72 Å². The molecule has 0 saturated heterocycles. The molecule has 0 unspecified atom stereocenters. The molecular formula is C14H25N3O2S. The SMILES string of the molecule is CCN(CCNS(C)(=O)=O)c1cc(C)c(N)c(C)c1C. The van der Waals surface area contributed by atoms with Crippen LogP contribution in [0.15, 0.2) is 6.07 Å². The molecule has 0 aliphatic heterocycles. The maximum Gasteiger partial charge on any atom is 0.208 e. The fourth-order valence-electron chi connectivity index (χ4n) is 2.22. The average molecular weight is 299 g/mol. The van der Waals surface area contributed by atoms with E-state index in [0.717, 1.165) is 34.6 Å². The van der Waals surface area contributed by atoms with Crippen molar-refractivity contribution in [2.24, 2.45) is 0 Å². The number of rotatable bonds is 6. The normalized spacial score (nSPS) is 11.7. The van der Waals surface area contributed by atoms with Crippen molar-refractivity contribution in [3.8, 4) is 0 Å². The Labute approximate surface area is 122 Å². The van der Waals surface area contributed by atoms with Gasteiger partial charge in [0.15, 0.2) is 0 Å². The van der Waals surface area contributed by atoms with E-state index in [2.05, 4.69) is 22.6 Å². The van der Waals surface area contributed by atoms with E-state index in [1.54, 1.807) is 0 Å². The van der Waals surface area contributed by atoms with Crippen molar-refractivity contribution in [1.29, 1.82) is 0 Å². The Morgan fingerprint density at radius 2 is 1.85 bits per heavy atom. The van der Waals surface area contributed by atoms with E-state index in [4.69, 9.17) is 5.73 Å². The number of nitrogen functional groups attached to an aromatic ring is 1. The highest BCUT2D eigenvalue weighted by atomic mass is 32.2. The molecule has 0 spiro atoms. The van der Waals surface area contributed by atoms with Gasteiger partial charge in [-0.05, 0) is 50.5 Å². The van der Waals surface area contributed by atoms with E-state index in [1.807, 2.05) is 20.8 Å². The number of nitrogens with two attached hydrogens (primary N) is 1. The minimum Gasteiger partial charge on any atom is -0.398 e. The molecule has 0 fully saturated rings. The van der Waals surface area contributed by atoms with Gasteiger partial charge in [-0.15, -0.1) is 0 Å². The number of sulfonamides is 1. The smallest absolute Gasteiger partial charge is 0.208 e. The Morgan fingerprint density at radius 1 is 1.25 bits per heavy atom. The van der Waals surface area contributed by atoms with Crippen LogP contribution in [-0.4, -0.2) is 34.3 Å². The van der Waals surface area contributed by atoms with Crippen LogP contribution >= 0.6 is 0 Å². The highest BCUT2D eigenvalue weighted by Crippen LogP contribution is 2.29. The minimum atomic E-state index is -3.14. The minimum absolute atomic E-state index is 0.397. The Kier molecular flexibility index (Phi) is 5.42. The van der Waals surface area contributed by atoms with Crippen LogP contribution in [0.4, 0.5) is 11.4 Å². The lowest BCUT2D eigenvalue weighted by atomic mass is 10.0. The predicted molar refractivity (Wildman–Crippen MR) is 85.8 cm³/mol. The van der Waals surface area contributed by atoms with E-state index in [1.165, 1.54) is 6.26 Å². The van der Waals surface area contributed by atoms with Crippen LogP contribution < -0.4 is 15.4 Å². The number of nitrogens with zero attached hydrogens (tertiary/aromatic N) is 1. The van der Waals surface area contributed by atoms with Crippen molar-refractivity contribution in [2.45, 2.75) is 27.7 Å². The lowest BCUT2D eigenvalue weighted by molar-refractivity contribution is 0.587. The van der Waals surface area contributed by atoms with Gasteiger partial charge in [-0.1, -0.05) is 0 Å². The lowest BCUT2D eigenvalue weighted by Crippen LogP contribution is -2.35. The highest BCUT2D eigenvalue weighted by molar-refractivity contribution is 7.88. The first kappa shape index (κ1) is 16.8. The molecule has 6 heteroatoms. The molecule has 0 radical (unpaired) electrons. The van der Waals surface area contributed by atoms with Gasteiger partial charge in [0.25, 0.3) is 0 Å². The summed E-state index contributed by atoms with van der Waals surface area (Å²) in [5.74, 6) is 0. The molecule has 5 nitrogen and oxygen atoms in total. The first-order valence-corrected chi connectivity index (χ1v) is 8.62. The van der Waals surface area contributed by atoms with E-state index in [9.17, 15) is 8.42 Å². The molecule has 20 heavy (non-hydrogen) atoms. The molecule has 1 aromatic rings. The van der Waals surface area contributed by atoms with Crippen molar-refractivity contribution in [3.63, 3.8) is 0 Å². The molecule has 1 rings (SSSR count). The third-order valence-electron chi connectivity index (χ3n) is 3.60. The molecule has 0 saturated carbocycles. The molecule has 0 aliphatic rings. The second kappa shape index (κ2) is 6.45. The van der Waals surface area contributed by atoms with Crippen LogP contribution in [0.1, 0.15) is 23.6 Å². The summed E-state index contributed by atoms with van der Waals surface area (Å²) in [5.41, 5.74) is 11.3. The van der Waals surface area contributed by atoms with Gasteiger partial charge < -0.3 is 10.6 Å². The standard InChI is InChI=1S/C14H25N3O2S/c1-6-17(8-7-16-20(5,18)19)13-9-10(2)14(15)12(4)11(13)3/h9,16H,6-8,15H2,1-5H3. The summed E-state index contributed by atoms with van der Waals surface area (Å²) in [6.45, 7) is 9.96. The molecule has 0 aliphatic carbocycles. The average Bonchev–Trinajstić information content (AvgIpc) is 2.36. The molecule has 0 aromatic heterocycles. The Hall–Kier alpha value is -1.27. The fraction of sp³-hybridized carbons (Fsp3) is 0.571. The zero-order chi connectivity index (χ0) is 15.5. The van der Waals surface area contributed by atoms with E-state index < -0.39 is 10.0 Å². The van der Waals surface area contributed by atoms with Gasteiger partial charge in [-0.3, -0.25) is 0 Å². The molecule has 0 amide bonds. The van der Waals surface area contributed by atoms with E-state index >= 15 is 0 Å².